The molecule has 196 valence electrons. The van der Waals surface area contributed by atoms with Crippen molar-refractivity contribution in [3.8, 4) is 5.75 Å². The van der Waals surface area contributed by atoms with Crippen molar-refractivity contribution in [3.05, 3.63) is 54.1 Å². The van der Waals surface area contributed by atoms with Crippen LogP contribution in [0.4, 0.5) is 34.1 Å². The van der Waals surface area contributed by atoms with Crippen molar-refractivity contribution in [2.75, 3.05) is 30.9 Å². The van der Waals surface area contributed by atoms with E-state index in [2.05, 4.69) is 20.5 Å². The molecule has 0 aliphatic carbocycles. The summed E-state index contributed by atoms with van der Waals surface area (Å²) in [4.78, 5) is -0.802. The van der Waals surface area contributed by atoms with Crippen LogP contribution in [0.2, 0.25) is 0 Å². The summed E-state index contributed by atoms with van der Waals surface area (Å²) in [7, 11) is -7.27. The third kappa shape index (κ3) is 6.26. The highest BCUT2D eigenvalue weighted by molar-refractivity contribution is 7.91. The molecule has 0 aliphatic heterocycles. The molecule has 0 aromatic heterocycles. The maximum Gasteiger partial charge on any atom is 0.296 e. The van der Waals surface area contributed by atoms with Gasteiger partial charge in [-0.3, -0.25) is 4.55 Å². The van der Waals surface area contributed by atoms with E-state index < -0.39 is 42.9 Å². The maximum atomic E-state index is 12.2. The third-order valence-electron chi connectivity index (χ3n) is 5.11. The number of aliphatic hydroxyl groups is 1. The molecule has 3 aromatic rings. The minimum Gasteiger partial charge on any atom is -0.494 e. The second-order valence-electron chi connectivity index (χ2n) is 7.61. The van der Waals surface area contributed by atoms with Crippen LogP contribution in [0.3, 0.4) is 0 Å². The van der Waals surface area contributed by atoms with Crippen molar-refractivity contribution < 1.29 is 31.2 Å². The first-order valence-corrected chi connectivity index (χ1v) is 13.6. The predicted molar refractivity (Wildman–Crippen MR) is 137 cm³/mol. The number of azo groups is 2. The van der Waals surface area contributed by atoms with Crippen LogP contribution in [0.15, 0.2) is 78.8 Å². The lowest BCUT2D eigenvalue weighted by molar-refractivity contribution is 0.319. The molecule has 0 spiro atoms. The Labute approximate surface area is 213 Å². The van der Waals surface area contributed by atoms with Gasteiger partial charge >= 0.3 is 0 Å². The zero-order chi connectivity index (χ0) is 27.4. The zero-order valence-electron chi connectivity index (χ0n) is 19.7. The van der Waals surface area contributed by atoms with Crippen LogP contribution in [0.25, 0.3) is 0 Å². The second kappa shape index (κ2) is 11.0. The van der Waals surface area contributed by atoms with Gasteiger partial charge in [0.2, 0.25) is 0 Å². The molecule has 15 heteroatoms. The highest BCUT2D eigenvalue weighted by atomic mass is 32.2. The number of aryl methyl sites for hydroxylation is 1. The van der Waals surface area contributed by atoms with E-state index >= 15 is 0 Å². The van der Waals surface area contributed by atoms with Gasteiger partial charge in [-0.25, -0.2) is 8.42 Å². The maximum absolute atomic E-state index is 12.2. The molecule has 0 atom stereocenters. The summed E-state index contributed by atoms with van der Waals surface area (Å²) in [6.07, 6.45) is 0. The van der Waals surface area contributed by atoms with Crippen LogP contribution in [-0.4, -0.2) is 46.0 Å². The van der Waals surface area contributed by atoms with E-state index in [4.69, 9.17) is 21.3 Å². The summed E-state index contributed by atoms with van der Waals surface area (Å²) >= 11 is 0. The SMILES string of the molecule is COc1cc(S(=O)(=O)CCO)ccc1N=Nc1cc(S(=O)(=O)O)c(N)c(N=Nc2ccccc2C)c1N. The first-order chi connectivity index (χ1) is 17.4. The molecule has 0 heterocycles. The van der Waals surface area contributed by atoms with E-state index in [1.807, 2.05) is 0 Å². The van der Waals surface area contributed by atoms with Crippen LogP contribution in [0.1, 0.15) is 5.56 Å². The van der Waals surface area contributed by atoms with Gasteiger partial charge in [0.15, 0.2) is 9.84 Å². The molecule has 0 saturated heterocycles. The molecule has 3 aromatic carbocycles. The predicted octanol–water partition coefficient (Wildman–Crippen LogP) is 4.01. The van der Waals surface area contributed by atoms with E-state index in [0.717, 1.165) is 11.6 Å². The summed E-state index contributed by atoms with van der Waals surface area (Å²) in [6, 6.07) is 11.7. The number of hydrogen-bond acceptors (Lipinski definition) is 12. The number of anilines is 2. The fourth-order valence-electron chi connectivity index (χ4n) is 3.13. The summed E-state index contributed by atoms with van der Waals surface area (Å²) in [6.45, 7) is 1.24. The number of rotatable bonds is 9. The highest BCUT2D eigenvalue weighted by Crippen LogP contribution is 2.43. The fourth-order valence-corrected chi connectivity index (χ4v) is 4.80. The first-order valence-electron chi connectivity index (χ1n) is 10.5. The summed E-state index contributed by atoms with van der Waals surface area (Å²) in [5.74, 6) is -0.441. The Balaban J connectivity index is 2.12. The number of nitrogen functional groups attached to an aromatic ring is 2. The molecule has 0 unspecified atom stereocenters. The molecule has 0 amide bonds. The number of nitrogens with zero attached hydrogens (tertiary/aromatic N) is 4. The van der Waals surface area contributed by atoms with Crippen molar-refractivity contribution >= 4 is 54.1 Å². The Morgan fingerprint density at radius 2 is 1.51 bits per heavy atom. The minimum absolute atomic E-state index is 0.0336. The summed E-state index contributed by atoms with van der Waals surface area (Å²) in [5.41, 5.74) is 12.4. The number of nitrogens with two attached hydrogens (primary N) is 2. The van der Waals surface area contributed by atoms with Crippen LogP contribution >= 0.6 is 0 Å². The van der Waals surface area contributed by atoms with E-state index in [1.54, 1.807) is 31.2 Å². The average Bonchev–Trinajstić information content (AvgIpc) is 2.83. The van der Waals surface area contributed by atoms with E-state index in [9.17, 15) is 21.4 Å². The number of sulfone groups is 1. The Hall–Kier alpha value is -3.92. The topological polar surface area (TPSA) is 219 Å². The van der Waals surface area contributed by atoms with Gasteiger partial charge < -0.3 is 21.3 Å². The molecule has 37 heavy (non-hydrogen) atoms. The molecular formula is C22H24N6O7S2. The van der Waals surface area contributed by atoms with Gasteiger partial charge in [-0.2, -0.15) is 13.5 Å². The number of methoxy groups -OCH3 is 1. The third-order valence-corrected chi connectivity index (χ3v) is 7.69. The van der Waals surface area contributed by atoms with Crippen LogP contribution in [-0.2, 0) is 20.0 Å². The Morgan fingerprint density at radius 1 is 0.865 bits per heavy atom. The largest absolute Gasteiger partial charge is 0.494 e. The summed E-state index contributed by atoms with van der Waals surface area (Å²) in [5, 5.41) is 25.0. The molecule has 0 fully saturated rings. The number of aliphatic hydroxyl groups excluding tert-OH is 1. The van der Waals surface area contributed by atoms with E-state index in [-0.39, 0.29) is 33.4 Å². The average molecular weight is 549 g/mol. The Morgan fingerprint density at radius 3 is 2.14 bits per heavy atom. The van der Waals surface area contributed by atoms with Crippen molar-refractivity contribution in [2.24, 2.45) is 20.5 Å². The summed E-state index contributed by atoms with van der Waals surface area (Å²) < 4.78 is 63.2. The van der Waals surface area contributed by atoms with Crippen molar-refractivity contribution in [1.82, 2.24) is 0 Å². The minimum atomic E-state index is -4.81. The lowest BCUT2D eigenvalue weighted by Crippen LogP contribution is -2.10. The molecule has 0 aliphatic rings. The van der Waals surface area contributed by atoms with Crippen LogP contribution in [0, 0.1) is 6.92 Å². The zero-order valence-corrected chi connectivity index (χ0v) is 21.4. The molecule has 0 radical (unpaired) electrons. The van der Waals surface area contributed by atoms with Crippen molar-refractivity contribution in [2.45, 2.75) is 16.7 Å². The van der Waals surface area contributed by atoms with Gasteiger partial charge in [-0.1, -0.05) is 18.2 Å². The van der Waals surface area contributed by atoms with Gasteiger partial charge in [0, 0.05) is 6.07 Å². The van der Waals surface area contributed by atoms with Gasteiger partial charge in [0.1, 0.15) is 27.7 Å². The lowest BCUT2D eigenvalue weighted by atomic mass is 10.2. The fraction of sp³-hybridized carbons (Fsp3) is 0.182. The highest BCUT2D eigenvalue weighted by Gasteiger charge is 2.23. The Kier molecular flexibility index (Phi) is 8.22. The van der Waals surface area contributed by atoms with Crippen molar-refractivity contribution in [3.63, 3.8) is 0 Å². The van der Waals surface area contributed by atoms with Crippen LogP contribution < -0.4 is 16.2 Å². The van der Waals surface area contributed by atoms with E-state index in [0.29, 0.717) is 5.69 Å². The number of ether oxygens (including phenoxy) is 1. The normalized spacial score (nSPS) is 12.4. The molecule has 0 saturated carbocycles. The van der Waals surface area contributed by atoms with Gasteiger partial charge in [0.25, 0.3) is 10.1 Å². The number of hydrogen-bond donors (Lipinski definition) is 4. The quantitative estimate of drug-likeness (QED) is 0.172. The Bertz CT molecular complexity index is 1600. The second-order valence-corrected chi connectivity index (χ2v) is 11.1. The van der Waals surface area contributed by atoms with Crippen LogP contribution in [0.5, 0.6) is 5.75 Å². The van der Waals surface area contributed by atoms with Gasteiger partial charge in [-0.15, -0.1) is 15.3 Å². The molecular weight excluding hydrogens is 524 g/mol. The molecule has 3 rings (SSSR count). The van der Waals surface area contributed by atoms with Gasteiger partial charge in [-0.05, 0) is 36.8 Å². The van der Waals surface area contributed by atoms with Crippen molar-refractivity contribution in [1.29, 1.82) is 0 Å². The smallest absolute Gasteiger partial charge is 0.296 e. The lowest BCUT2D eigenvalue weighted by Gasteiger charge is -2.11. The molecule has 13 nitrogen and oxygen atoms in total. The number of benzene rings is 3. The van der Waals surface area contributed by atoms with Gasteiger partial charge in [0.05, 0.1) is 41.4 Å². The van der Waals surface area contributed by atoms with E-state index in [1.165, 1.54) is 25.3 Å². The molecule has 6 N–H and O–H groups in total. The first kappa shape index (κ1) is 27.7. The standard InChI is InChI=1S/C22H24N6O7S2/c1-13-5-3-4-6-15(13)25-28-22-20(23)17(12-19(21(22)24)37(32,33)34)27-26-16-8-7-14(11-18(16)35-2)36(30,31)10-9-29/h3-8,11-12,29H,9-10,23-24H2,1-2H3,(H,32,33,34). The monoisotopic (exact) mass is 548 g/mol. The molecule has 0 bridgehead atoms.